The number of aromatic nitrogens is 3. The molecule has 0 saturated carbocycles. The van der Waals surface area contributed by atoms with Gasteiger partial charge in [-0.05, 0) is 31.0 Å². The fourth-order valence-electron chi connectivity index (χ4n) is 3.15. The fraction of sp³-hybridized carbons (Fsp3) is 0.571. The molecule has 0 amide bonds. The summed E-state index contributed by atoms with van der Waals surface area (Å²) >= 11 is 0. The largest absolute Gasteiger partial charge is 0.355 e. The van der Waals surface area contributed by atoms with Crippen molar-refractivity contribution in [3.63, 3.8) is 0 Å². The number of nitrogens with one attached hydrogen (secondary N) is 2. The molecule has 0 aliphatic rings. The summed E-state index contributed by atoms with van der Waals surface area (Å²) in [4.78, 5) is 4.79. The van der Waals surface area contributed by atoms with Crippen LogP contribution < -0.4 is 15.8 Å². The molecule has 2 rings (SSSR count). The van der Waals surface area contributed by atoms with E-state index in [-0.39, 0.29) is 4.90 Å². The molecule has 0 radical (unpaired) electrons. The summed E-state index contributed by atoms with van der Waals surface area (Å²) in [6, 6.07) is 6.77. The Hall–Kier alpha value is -2.46. The molecular weight excluding hydrogens is 414 g/mol. The maximum Gasteiger partial charge on any atom is 0.238 e. The lowest BCUT2D eigenvalue weighted by Gasteiger charge is -2.19. The number of aliphatic imine (C=N–C) groups is 1. The van der Waals surface area contributed by atoms with Crippen LogP contribution in [0.15, 0.2) is 40.5 Å². The number of unbranched alkanes of at least 4 members (excludes halogenated alkanes) is 2. The van der Waals surface area contributed by atoms with Crippen molar-refractivity contribution in [2.24, 2.45) is 10.1 Å². The Kier molecular flexibility index (Phi) is 9.93. The van der Waals surface area contributed by atoms with Crippen molar-refractivity contribution >= 4 is 16.0 Å². The Balaban J connectivity index is 2.01. The topological polar surface area (TPSA) is 127 Å². The van der Waals surface area contributed by atoms with Crippen molar-refractivity contribution in [2.75, 3.05) is 6.54 Å². The van der Waals surface area contributed by atoms with Crippen LogP contribution in [0, 0.1) is 0 Å². The van der Waals surface area contributed by atoms with Gasteiger partial charge in [0, 0.05) is 25.6 Å². The molecular formula is C21H35N7O2S. The molecule has 1 unspecified atom stereocenters. The van der Waals surface area contributed by atoms with Crippen LogP contribution in [-0.2, 0) is 29.5 Å². The van der Waals surface area contributed by atoms with E-state index in [1.807, 2.05) is 4.57 Å². The molecule has 10 heteroatoms. The number of hydrogen-bond donors (Lipinski definition) is 3. The van der Waals surface area contributed by atoms with E-state index in [9.17, 15) is 8.42 Å². The summed E-state index contributed by atoms with van der Waals surface area (Å²) in [5.41, 5.74) is 0.902. The average Bonchev–Trinajstić information content (AvgIpc) is 3.19. The average molecular weight is 450 g/mol. The standard InChI is InChI=1S/C21H35N7O2S/c1-4-6-7-8-17(3)26-21(23-13-14-28-16-25-27-20(28)5-2)24-15-18-9-11-19(12-10-18)31(22,29)30/h9-12,16-17H,4-8,13-15H2,1-3H3,(H2,22,29,30)(H2,23,24,26). The predicted octanol–water partition coefficient (Wildman–Crippen LogP) is 2.19. The fourth-order valence-corrected chi connectivity index (χ4v) is 3.66. The maximum absolute atomic E-state index is 11.4. The Morgan fingerprint density at radius 2 is 1.97 bits per heavy atom. The predicted molar refractivity (Wildman–Crippen MR) is 123 cm³/mol. The van der Waals surface area contributed by atoms with Gasteiger partial charge in [0.05, 0.1) is 11.4 Å². The summed E-state index contributed by atoms with van der Waals surface area (Å²) in [7, 11) is -3.69. The van der Waals surface area contributed by atoms with Crippen molar-refractivity contribution in [1.82, 2.24) is 25.4 Å². The van der Waals surface area contributed by atoms with Crippen LogP contribution in [0.4, 0.5) is 0 Å². The van der Waals surface area contributed by atoms with E-state index in [0.29, 0.717) is 19.1 Å². The summed E-state index contributed by atoms with van der Waals surface area (Å²) in [5, 5.41) is 20.1. The quantitative estimate of drug-likeness (QED) is 0.259. The van der Waals surface area contributed by atoms with Crippen LogP contribution >= 0.6 is 0 Å². The van der Waals surface area contributed by atoms with Crippen molar-refractivity contribution in [2.45, 2.75) is 76.9 Å². The molecule has 9 nitrogen and oxygen atoms in total. The summed E-state index contributed by atoms with van der Waals surface area (Å²) in [5.74, 6) is 1.68. The normalized spacial score (nSPS) is 13.2. The lowest BCUT2D eigenvalue weighted by Crippen LogP contribution is -2.43. The molecule has 0 spiro atoms. The number of aryl methyl sites for hydroxylation is 1. The Labute approximate surface area is 185 Å². The van der Waals surface area contributed by atoms with Gasteiger partial charge in [-0.2, -0.15) is 0 Å². The molecule has 0 aliphatic heterocycles. The zero-order valence-electron chi connectivity index (χ0n) is 18.7. The van der Waals surface area contributed by atoms with E-state index in [1.54, 1.807) is 18.5 Å². The maximum atomic E-state index is 11.4. The number of nitrogens with zero attached hydrogens (tertiary/aromatic N) is 4. The minimum Gasteiger partial charge on any atom is -0.355 e. The van der Waals surface area contributed by atoms with Gasteiger partial charge in [-0.15, -0.1) is 10.2 Å². The van der Waals surface area contributed by atoms with Crippen LogP contribution in [0.3, 0.4) is 0 Å². The Morgan fingerprint density at radius 3 is 2.61 bits per heavy atom. The zero-order valence-corrected chi connectivity index (χ0v) is 19.5. The van der Waals surface area contributed by atoms with Crippen molar-refractivity contribution in [3.05, 3.63) is 42.0 Å². The van der Waals surface area contributed by atoms with Gasteiger partial charge in [0.1, 0.15) is 12.2 Å². The molecule has 172 valence electrons. The second-order valence-electron chi connectivity index (χ2n) is 7.62. The second-order valence-corrected chi connectivity index (χ2v) is 9.18. The number of hydrogen-bond acceptors (Lipinski definition) is 5. The van der Waals surface area contributed by atoms with Crippen LogP contribution in [0.2, 0.25) is 0 Å². The van der Waals surface area contributed by atoms with Gasteiger partial charge in [-0.25, -0.2) is 18.5 Å². The van der Waals surface area contributed by atoms with E-state index in [4.69, 9.17) is 5.14 Å². The lowest BCUT2D eigenvalue weighted by molar-refractivity contribution is 0.542. The molecule has 4 N–H and O–H groups in total. The van der Waals surface area contributed by atoms with E-state index in [1.165, 1.54) is 31.4 Å². The molecule has 1 atom stereocenters. The summed E-state index contributed by atoms with van der Waals surface area (Å²) < 4.78 is 24.9. The third kappa shape index (κ3) is 8.66. The highest BCUT2D eigenvalue weighted by molar-refractivity contribution is 7.89. The van der Waals surface area contributed by atoms with Crippen LogP contribution in [0.1, 0.15) is 57.8 Å². The summed E-state index contributed by atoms with van der Waals surface area (Å²) in [6.07, 6.45) is 7.23. The lowest BCUT2D eigenvalue weighted by atomic mass is 10.1. The van der Waals surface area contributed by atoms with E-state index in [0.717, 1.165) is 36.7 Å². The number of guanidine groups is 1. The number of benzene rings is 1. The second kappa shape index (κ2) is 12.4. The summed E-state index contributed by atoms with van der Waals surface area (Å²) in [6.45, 7) is 8.26. The van der Waals surface area contributed by atoms with Crippen LogP contribution in [0.5, 0.6) is 0 Å². The van der Waals surface area contributed by atoms with E-state index in [2.05, 4.69) is 46.6 Å². The monoisotopic (exact) mass is 449 g/mol. The molecule has 2 aromatic rings. The first-order chi connectivity index (χ1) is 14.8. The first kappa shape index (κ1) is 24.8. The minimum atomic E-state index is -3.69. The van der Waals surface area contributed by atoms with Crippen molar-refractivity contribution in [1.29, 1.82) is 0 Å². The molecule has 0 saturated heterocycles. The van der Waals surface area contributed by atoms with Gasteiger partial charge in [0.2, 0.25) is 10.0 Å². The van der Waals surface area contributed by atoms with Gasteiger partial charge in [0.15, 0.2) is 5.96 Å². The van der Waals surface area contributed by atoms with Crippen molar-refractivity contribution < 1.29 is 8.42 Å². The number of nitrogens with two attached hydrogens (primary N) is 1. The smallest absolute Gasteiger partial charge is 0.238 e. The van der Waals surface area contributed by atoms with E-state index >= 15 is 0 Å². The Morgan fingerprint density at radius 1 is 1.23 bits per heavy atom. The number of rotatable bonds is 12. The molecule has 1 heterocycles. The van der Waals surface area contributed by atoms with Crippen LogP contribution in [0.25, 0.3) is 0 Å². The number of sulfonamides is 1. The van der Waals surface area contributed by atoms with E-state index < -0.39 is 10.0 Å². The van der Waals surface area contributed by atoms with Gasteiger partial charge in [0.25, 0.3) is 0 Å². The molecule has 0 bridgehead atoms. The van der Waals surface area contributed by atoms with Crippen molar-refractivity contribution in [3.8, 4) is 0 Å². The number of primary sulfonamides is 1. The molecule has 0 fully saturated rings. The third-order valence-electron chi connectivity index (χ3n) is 4.95. The van der Waals surface area contributed by atoms with Gasteiger partial charge >= 0.3 is 0 Å². The van der Waals surface area contributed by atoms with Gasteiger partial charge in [-0.1, -0.05) is 45.2 Å². The minimum absolute atomic E-state index is 0.0990. The van der Waals surface area contributed by atoms with Crippen LogP contribution in [-0.4, -0.2) is 41.7 Å². The first-order valence-electron chi connectivity index (χ1n) is 10.9. The highest BCUT2D eigenvalue weighted by Gasteiger charge is 2.09. The van der Waals surface area contributed by atoms with Gasteiger partial charge < -0.3 is 15.2 Å². The third-order valence-corrected chi connectivity index (χ3v) is 5.88. The highest BCUT2D eigenvalue weighted by Crippen LogP contribution is 2.10. The highest BCUT2D eigenvalue weighted by atomic mass is 32.2. The SMILES string of the molecule is CCCCCC(C)NC(=NCc1ccc(S(N)(=O)=O)cc1)NCCn1cnnc1CC. The first-order valence-corrected chi connectivity index (χ1v) is 12.4. The molecule has 1 aromatic heterocycles. The Bertz CT molecular complexity index is 923. The molecule has 1 aromatic carbocycles. The van der Waals surface area contributed by atoms with Gasteiger partial charge in [-0.3, -0.25) is 0 Å². The molecule has 0 aliphatic carbocycles. The molecule has 31 heavy (non-hydrogen) atoms. The zero-order chi connectivity index (χ0) is 22.7.